The molecule has 1 amide bonds. The first-order valence-corrected chi connectivity index (χ1v) is 6.41. The summed E-state index contributed by atoms with van der Waals surface area (Å²) < 4.78 is 10.7. The van der Waals surface area contributed by atoms with Crippen molar-refractivity contribution in [3.05, 3.63) is 0 Å². The Bertz CT molecular complexity index is 312. The molecule has 0 aromatic heterocycles. The SMILES string of the molecule is CCC1C(O)C(NC(C)=O)C(COC)OC1(N)CO. The van der Waals surface area contributed by atoms with Gasteiger partial charge in [-0.05, 0) is 6.42 Å². The van der Waals surface area contributed by atoms with Gasteiger partial charge in [0.2, 0.25) is 5.91 Å². The fourth-order valence-corrected chi connectivity index (χ4v) is 2.66. The van der Waals surface area contributed by atoms with Crippen molar-refractivity contribution in [3.63, 3.8) is 0 Å². The summed E-state index contributed by atoms with van der Waals surface area (Å²) in [7, 11) is 1.49. The van der Waals surface area contributed by atoms with Crippen LogP contribution in [0.2, 0.25) is 0 Å². The first-order valence-electron chi connectivity index (χ1n) is 6.41. The number of amides is 1. The summed E-state index contributed by atoms with van der Waals surface area (Å²) in [6, 6.07) is -0.606. The highest BCUT2D eigenvalue weighted by Crippen LogP contribution is 2.33. The van der Waals surface area contributed by atoms with Crippen molar-refractivity contribution in [2.75, 3.05) is 20.3 Å². The van der Waals surface area contributed by atoms with E-state index in [1.807, 2.05) is 6.92 Å². The second-order valence-corrected chi connectivity index (χ2v) is 4.96. The van der Waals surface area contributed by atoms with Crippen LogP contribution in [0.25, 0.3) is 0 Å². The lowest BCUT2D eigenvalue weighted by Crippen LogP contribution is -2.70. The molecule has 0 aliphatic carbocycles. The molecule has 0 aromatic carbocycles. The molecule has 1 fully saturated rings. The third-order valence-electron chi connectivity index (χ3n) is 3.57. The van der Waals surface area contributed by atoms with Gasteiger partial charge in [0, 0.05) is 20.0 Å². The summed E-state index contributed by atoms with van der Waals surface area (Å²) in [5.41, 5.74) is 4.69. The lowest BCUT2D eigenvalue weighted by atomic mass is 9.80. The van der Waals surface area contributed by atoms with Crippen molar-refractivity contribution in [2.45, 2.75) is 44.2 Å². The third-order valence-corrected chi connectivity index (χ3v) is 3.57. The highest BCUT2D eigenvalue weighted by atomic mass is 16.6. The van der Waals surface area contributed by atoms with Crippen LogP contribution in [0.5, 0.6) is 0 Å². The van der Waals surface area contributed by atoms with Crippen LogP contribution in [-0.4, -0.2) is 60.4 Å². The number of aliphatic hydroxyl groups is 2. The Morgan fingerprint density at radius 1 is 1.58 bits per heavy atom. The maximum absolute atomic E-state index is 11.2. The quantitative estimate of drug-likeness (QED) is 0.489. The maximum atomic E-state index is 11.2. The topological polar surface area (TPSA) is 114 Å². The molecule has 7 heteroatoms. The zero-order chi connectivity index (χ0) is 14.6. The van der Waals surface area contributed by atoms with E-state index in [0.29, 0.717) is 6.42 Å². The Morgan fingerprint density at radius 2 is 2.21 bits per heavy atom. The summed E-state index contributed by atoms with van der Waals surface area (Å²) in [5.74, 6) is -0.736. The number of carbonyl (C=O) groups is 1. The van der Waals surface area contributed by atoms with Gasteiger partial charge in [-0.3, -0.25) is 4.79 Å². The van der Waals surface area contributed by atoms with E-state index >= 15 is 0 Å². The number of aliphatic hydroxyl groups excluding tert-OH is 2. The molecule has 0 aromatic rings. The third kappa shape index (κ3) is 3.43. The number of methoxy groups -OCH3 is 1. The molecule has 1 aliphatic heterocycles. The molecule has 7 nitrogen and oxygen atoms in total. The van der Waals surface area contributed by atoms with Gasteiger partial charge in [-0.15, -0.1) is 0 Å². The average Bonchev–Trinajstić information content (AvgIpc) is 2.34. The van der Waals surface area contributed by atoms with Crippen molar-refractivity contribution in [1.29, 1.82) is 0 Å². The van der Waals surface area contributed by atoms with Crippen molar-refractivity contribution in [2.24, 2.45) is 11.7 Å². The average molecular weight is 276 g/mol. The number of ether oxygens (including phenoxy) is 2. The maximum Gasteiger partial charge on any atom is 0.217 e. The van der Waals surface area contributed by atoms with Crippen LogP contribution in [-0.2, 0) is 14.3 Å². The second-order valence-electron chi connectivity index (χ2n) is 4.96. The van der Waals surface area contributed by atoms with Gasteiger partial charge in [-0.1, -0.05) is 6.92 Å². The highest BCUT2D eigenvalue weighted by molar-refractivity contribution is 5.73. The fourth-order valence-electron chi connectivity index (χ4n) is 2.66. The number of hydrogen-bond donors (Lipinski definition) is 4. The highest BCUT2D eigenvalue weighted by Gasteiger charge is 2.51. The Labute approximate surface area is 113 Å². The van der Waals surface area contributed by atoms with E-state index in [-0.39, 0.29) is 12.5 Å². The van der Waals surface area contributed by atoms with Crippen LogP contribution in [0.1, 0.15) is 20.3 Å². The normalized spacial score (nSPS) is 39.1. The molecule has 5 N–H and O–H groups in total. The molecule has 5 unspecified atom stereocenters. The largest absolute Gasteiger partial charge is 0.392 e. The lowest BCUT2D eigenvalue weighted by Gasteiger charge is -2.49. The van der Waals surface area contributed by atoms with Crippen LogP contribution in [0.15, 0.2) is 0 Å². The molecule has 0 bridgehead atoms. The van der Waals surface area contributed by atoms with Gasteiger partial charge in [0.25, 0.3) is 0 Å². The van der Waals surface area contributed by atoms with Crippen LogP contribution in [0.3, 0.4) is 0 Å². The van der Waals surface area contributed by atoms with Gasteiger partial charge in [0.15, 0.2) is 0 Å². The molecule has 112 valence electrons. The zero-order valence-corrected chi connectivity index (χ0v) is 11.6. The van der Waals surface area contributed by atoms with Crippen LogP contribution < -0.4 is 11.1 Å². The summed E-state index contributed by atoms with van der Waals surface area (Å²) in [6.07, 6.45) is -0.989. The van der Waals surface area contributed by atoms with Crippen molar-refractivity contribution in [1.82, 2.24) is 5.32 Å². The van der Waals surface area contributed by atoms with Gasteiger partial charge in [0.05, 0.1) is 25.4 Å². The number of nitrogens with two attached hydrogens (primary N) is 1. The molecule has 1 saturated heterocycles. The van der Waals surface area contributed by atoms with Crippen LogP contribution in [0.4, 0.5) is 0 Å². The molecule has 1 rings (SSSR count). The Kier molecular flexibility index (Phi) is 5.69. The van der Waals surface area contributed by atoms with Crippen molar-refractivity contribution < 1.29 is 24.5 Å². The first kappa shape index (κ1) is 16.3. The van der Waals surface area contributed by atoms with Crippen molar-refractivity contribution in [3.8, 4) is 0 Å². The van der Waals surface area contributed by atoms with Crippen LogP contribution in [0, 0.1) is 5.92 Å². The minimum atomic E-state index is -1.33. The Hall–Kier alpha value is -0.730. The molecule has 0 spiro atoms. The molecule has 0 radical (unpaired) electrons. The van der Waals surface area contributed by atoms with Crippen LogP contribution >= 0.6 is 0 Å². The molecular weight excluding hydrogens is 252 g/mol. The Morgan fingerprint density at radius 3 is 2.63 bits per heavy atom. The minimum absolute atomic E-state index is 0.164. The van der Waals surface area contributed by atoms with E-state index in [9.17, 15) is 15.0 Å². The van der Waals surface area contributed by atoms with E-state index in [1.54, 1.807) is 0 Å². The predicted molar refractivity (Wildman–Crippen MR) is 68.1 cm³/mol. The summed E-state index contributed by atoms with van der Waals surface area (Å²) >= 11 is 0. The standard InChI is InChI=1S/C12H24N2O5/c1-4-8-11(17)10(14-7(2)16)9(5-18-3)19-12(8,13)6-15/h8-11,15,17H,4-6,13H2,1-3H3,(H,14,16). The van der Waals surface area contributed by atoms with E-state index in [1.165, 1.54) is 14.0 Å². The van der Waals surface area contributed by atoms with Gasteiger partial charge >= 0.3 is 0 Å². The molecule has 1 aliphatic rings. The second kappa shape index (κ2) is 6.62. The minimum Gasteiger partial charge on any atom is -0.392 e. The number of carbonyl (C=O) groups excluding carboxylic acids is 1. The number of hydrogen-bond acceptors (Lipinski definition) is 6. The molecule has 19 heavy (non-hydrogen) atoms. The monoisotopic (exact) mass is 276 g/mol. The number of rotatable bonds is 5. The van der Waals surface area contributed by atoms with E-state index < -0.39 is 36.5 Å². The van der Waals surface area contributed by atoms with E-state index in [0.717, 1.165) is 0 Å². The van der Waals surface area contributed by atoms with E-state index in [4.69, 9.17) is 15.2 Å². The smallest absolute Gasteiger partial charge is 0.217 e. The Balaban J connectivity index is 2.99. The van der Waals surface area contributed by atoms with Gasteiger partial charge in [-0.2, -0.15) is 0 Å². The summed E-state index contributed by atoms with van der Waals surface area (Å²) in [5, 5.41) is 22.5. The molecule has 5 atom stereocenters. The molecule has 1 heterocycles. The number of nitrogens with one attached hydrogen (secondary N) is 1. The van der Waals surface area contributed by atoms with E-state index in [2.05, 4.69) is 5.32 Å². The van der Waals surface area contributed by atoms with Gasteiger partial charge in [0.1, 0.15) is 11.8 Å². The van der Waals surface area contributed by atoms with Gasteiger partial charge < -0.3 is 30.7 Å². The lowest BCUT2D eigenvalue weighted by molar-refractivity contribution is -0.236. The predicted octanol–water partition coefficient (Wildman–Crippen LogP) is -1.43. The summed E-state index contributed by atoms with van der Waals surface area (Å²) in [4.78, 5) is 11.2. The molecule has 0 saturated carbocycles. The zero-order valence-electron chi connectivity index (χ0n) is 11.6. The fraction of sp³-hybridized carbons (Fsp3) is 0.917. The van der Waals surface area contributed by atoms with Crippen molar-refractivity contribution >= 4 is 5.91 Å². The summed E-state index contributed by atoms with van der Waals surface area (Å²) in [6.45, 7) is 2.97. The molecular formula is C12H24N2O5. The van der Waals surface area contributed by atoms with Gasteiger partial charge in [-0.25, -0.2) is 0 Å². The first-order chi connectivity index (χ1) is 8.89.